The van der Waals surface area contributed by atoms with Crippen LogP contribution in [0.3, 0.4) is 0 Å². The number of carbonyl (C=O) groups excluding carboxylic acids is 3. The van der Waals surface area contributed by atoms with Gasteiger partial charge in [-0.05, 0) is 58.4 Å². The standard InChI is InChI=1S/C24H28N2O3/c1-6-24(4,5)26(22(28)18-11-7-16(2)8-12-18)20-15-21(27)25(23(20)29)19-13-9-17(3)10-14-19/h7-14,20H,6,15H2,1-5H3. The first-order chi connectivity index (χ1) is 13.7. The highest BCUT2D eigenvalue weighted by Gasteiger charge is 2.48. The van der Waals surface area contributed by atoms with Crippen molar-refractivity contribution in [1.82, 2.24) is 4.90 Å². The van der Waals surface area contributed by atoms with E-state index in [1.165, 1.54) is 4.90 Å². The first-order valence-electron chi connectivity index (χ1n) is 9.99. The molecule has 3 amide bonds. The molecule has 1 unspecified atom stereocenters. The molecule has 1 atom stereocenters. The van der Waals surface area contributed by atoms with Crippen LogP contribution in [-0.4, -0.2) is 34.2 Å². The summed E-state index contributed by atoms with van der Waals surface area (Å²) in [7, 11) is 0. The molecule has 0 aromatic heterocycles. The highest BCUT2D eigenvalue weighted by Crippen LogP contribution is 2.32. The zero-order chi connectivity index (χ0) is 21.3. The maximum Gasteiger partial charge on any atom is 0.257 e. The molecule has 1 fully saturated rings. The van der Waals surface area contributed by atoms with E-state index >= 15 is 0 Å². The van der Waals surface area contributed by atoms with Crippen LogP contribution in [0.4, 0.5) is 5.69 Å². The van der Waals surface area contributed by atoms with Crippen molar-refractivity contribution in [2.75, 3.05) is 4.90 Å². The van der Waals surface area contributed by atoms with E-state index in [9.17, 15) is 14.4 Å². The van der Waals surface area contributed by atoms with Gasteiger partial charge in [0.05, 0.1) is 12.1 Å². The second kappa shape index (κ2) is 7.82. The van der Waals surface area contributed by atoms with Crippen LogP contribution >= 0.6 is 0 Å². The number of amides is 3. The predicted octanol–water partition coefficient (Wildman–Crippen LogP) is 4.27. The quantitative estimate of drug-likeness (QED) is 0.714. The van der Waals surface area contributed by atoms with Gasteiger partial charge in [-0.15, -0.1) is 0 Å². The molecule has 2 aromatic carbocycles. The maximum absolute atomic E-state index is 13.4. The number of anilines is 1. The number of rotatable bonds is 5. The molecule has 0 spiro atoms. The third kappa shape index (κ3) is 3.95. The van der Waals surface area contributed by atoms with Gasteiger partial charge in [0, 0.05) is 11.1 Å². The van der Waals surface area contributed by atoms with Crippen LogP contribution in [0.15, 0.2) is 48.5 Å². The van der Waals surface area contributed by atoms with Crippen LogP contribution in [0.1, 0.15) is 55.1 Å². The van der Waals surface area contributed by atoms with Crippen LogP contribution in [0.25, 0.3) is 0 Å². The van der Waals surface area contributed by atoms with E-state index in [-0.39, 0.29) is 24.1 Å². The lowest BCUT2D eigenvalue weighted by Crippen LogP contribution is -2.55. The molecule has 5 heteroatoms. The van der Waals surface area contributed by atoms with Gasteiger partial charge in [-0.2, -0.15) is 0 Å². The molecular formula is C24H28N2O3. The van der Waals surface area contributed by atoms with Crippen molar-refractivity contribution in [2.45, 2.75) is 59.0 Å². The average Bonchev–Trinajstić information content (AvgIpc) is 2.97. The molecule has 1 aliphatic rings. The fourth-order valence-electron chi connectivity index (χ4n) is 3.63. The van der Waals surface area contributed by atoms with Gasteiger partial charge in [0.15, 0.2) is 0 Å². The number of imide groups is 1. The first kappa shape index (κ1) is 20.8. The number of nitrogens with zero attached hydrogens (tertiary/aromatic N) is 2. The summed E-state index contributed by atoms with van der Waals surface area (Å²) < 4.78 is 0. The Labute approximate surface area is 172 Å². The second-order valence-electron chi connectivity index (χ2n) is 8.33. The zero-order valence-electron chi connectivity index (χ0n) is 17.7. The molecule has 1 heterocycles. The van der Waals surface area contributed by atoms with E-state index in [1.807, 2.05) is 58.9 Å². The Balaban J connectivity index is 1.99. The Morgan fingerprint density at radius 1 is 1.00 bits per heavy atom. The molecule has 0 saturated carbocycles. The lowest BCUT2D eigenvalue weighted by Gasteiger charge is -2.41. The van der Waals surface area contributed by atoms with Crippen molar-refractivity contribution in [3.8, 4) is 0 Å². The summed E-state index contributed by atoms with van der Waals surface area (Å²) in [5.41, 5.74) is 2.59. The monoisotopic (exact) mass is 392 g/mol. The third-order valence-electron chi connectivity index (χ3n) is 5.76. The number of benzene rings is 2. The van der Waals surface area contributed by atoms with Gasteiger partial charge < -0.3 is 4.90 Å². The van der Waals surface area contributed by atoms with Gasteiger partial charge in [0.25, 0.3) is 11.8 Å². The largest absolute Gasteiger partial charge is 0.321 e. The minimum absolute atomic E-state index is 0.00621. The number of carbonyl (C=O) groups is 3. The first-order valence-corrected chi connectivity index (χ1v) is 9.99. The molecule has 1 aliphatic heterocycles. The minimum Gasteiger partial charge on any atom is -0.321 e. The number of hydrogen-bond donors (Lipinski definition) is 0. The van der Waals surface area contributed by atoms with E-state index in [0.717, 1.165) is 11.1 Å². The van der Waals surface area contributed by atoms with Gasteiger partial charge >= 0.3 is 0 Å². The second-order valence-corrected chi connectivity index (χ2v) is 8.33. The highest BCUT2D eigenvalue weighted by molar-refractivity contribution is 6.23. The van der Waals surface area contributed by atoms with Gasteiger partial charge in [0.2, 0.25) is 5.91 Å². The van der Waals surface area contributed by atoms with E-state index in [0.29, 0.717) is 17.7 Å². The van der Waals surface area contributed by atoms with Gasteiger partial charge in [-0.1, -0.05) is 42.3 Å². The molecule has 2 aromatic rings. The molecule has 0 radical (unpaired) electrons. The summed E-state index contributed by atoms with van der Waals surface area (Å²) in [5.74, 6) is -0.855. The third-order valence-corrected chi connectivity index (χ3v) is 5.76. The SMILES string of the molecule is CCC(C)(C)N(C(=O)c1ccc(C)cc1)C1CC(=O)N(c2ccc(C)cc2)C1=O. The van der Waals surface area contributed by atoms with Crippen LogP contribution in [-0.2, 0) is 9.59 Å². The predicted molar refractivity (Wildman–Crippen MR) is 114 cm³/mol. The Morgan fingerprint density at radius 2 is 1.52 bits per heavy atom. The lowest BCUT2D eigenvalue weighted by atomic mass is 9.94. The van der Waals surface area contributed by atoms with Crippen LogP contribution in [0.5, 0.6) is 0 Å². The van der Waals surface area contributed by atoms with Crippen molar-refractivity contribution in [1.29, 1.82) is 0 Å². The highest BCUT2D eigenvalue weighted by atomic mass is 16.2. The molecule has 29 heavy (non-hydrogen) atoms. The molecular weight excluding hydrogens is 364 g/mol. The number of hydrogen-bond acceptors (Lipinski definition) is 3. The fraction of sp³-hybridized carbons (Fsp3) is 0.375. The Morgan fingerprint density at radius 3 is 2.03 bits per heavy atom. The minimum atomic E-state index is -0.812. The van der Waals surface area contributed by atoms with Crippen molar-refractivity contribution < 1.29 is 14.4 Å². The Bertz CT molecular complexity index is 930. The van der Waals surface area contributed by atoms with Gasteiger partial charge in [-0.25, -0.2) is 4.90 Å². The van der Waals surface area contributed by atoms with Crippen molar-refractivity contribution in [3.63, 3.8) is 0 Å². The van der Waals surface area contributed by atoms with Crippen molar-refractivity contribution >= 4 is 23.4 Å². The molecule has 5 nitrogen and oxygen atoms in total. The van der Waals surface area contributed by atoms with E-state index in [4.69, 9.17) is 0 Å². The van der Waals surface area contributed by atoms with E-state index in [2.05, 4.69) is 0 Å². The zero-order valence-corrected chi connectivity index (χ0v) is 17.7. The summed E-state index contributed by atoms with van der Waals surface area (Å²) in [6, 6.07) is 13.8. The van der Waals surface area contributed by atoms with E-state index in [1.54, 1.807) is 29.2 Å². The summed E-state index contributed by atoms with van der Waals surface area (Å²) in [4.78, 5) is 42.3. The van der Waals surface area contributed by atoms with Gasteiger partial charge in [-0.3, -0.25) is 14.4 Å². The summed E-state index contributed by atoms with van der Waals surface area (Å²) in [5, 5.41) is 0. The summed E-state index contributed by atoms with van der Waals surface area (Å²) >= 11 is 0. The molecule has 3 rings (SSSR count). The Hall–Kier alpha value is -2.95. The smallest absolute Gasteiger partial charge is 0.257 e. The van der Waals surface area contributed by atoms with Crippen LogP contribution in [0.2, 0.25) is 0 Å². The molecule has 152 valence electrons. The topological polar surface area (TPSA) is 57.7 Å². The molecule has 0 aliphatic carbocycles. The molecule has 0 bridgehead atoms. The lowest BCUT2D eigenvalue weighted by molar-refractivity contribution is -0.123. The van der Waals surface area contributed by atoms with Gasteiger partial charge in [0.1, 0.15) is 6.04 Å². The maximum atomic E-state index is 13.4. The normalized spacial score (nSPS) is 17.0. The van der Waals surface area contributed by atoms with E-state index < -0.39 is 11.6 Å². The van der Waals surface area contributed by atoms with Crippen LogP contribution < -0.4 is 4.90 Å². The molecule has 0 N–H and O–H groups in total. The molecule has 1 saturated heterocycles. The fourth-order valence-corrected chi connectivity index (χ4v) is 3.63. The summed E-state index contributed by atoms with van der Waals surface area (Å²) in [6.07, 6.45) is 0.654. The number of aryl methyl sites for hydroxylation is 2. The van der Waals surface area contributed by atoms with Crippen LogP contribution in [0, 0.1) is 13.8 Å². The van der Waals surface area contributed by atoms with Crippen molar-refractivity contribution in [2.24, 2.45) is 0 Å². The Kier molecular flexibility index (Phi) is 5.60. The average molecular weight is 392 g/mol. The van der Waals surface area contributed by atoms with Crippen molar-refractivity contribution in [3.05, 3.63) is 65.2 Å². The summed E-state index contributed by atoms with van der Waals surface area (Å²) in [6.45, 7) is 9.76.